The number of hydrogen-bond acceptors (Lipinski definition) is 3. The van der Waals surface area contributed by atoms with Gasteiger partial charge in [0.15, 0.2) is 11.7 Å². The van der Waals surface area contributed by atoms with Gasteiger partial charge in [-0.25, -0.2) is 4.98 Å². The first kappa shape index (κ1) is 9.65. The summed E-state index contributed by atoms with van der Waals surface area (Å²) in [6.45, 7) is 1.56. The van der Waals surface area contributed by atoms with Crippen molar-refractivity contribution in [1.29, 1.82) is 0 Å². The molecule has 0 saturated heterocycles. The number of benzene rings is 1. The summed E-state index contributed by atoms with van der Waals surface area (Å²) in [4.78, 5) is 15.2. The number of carbonyl (C=O) groups excluding carboxylic acids is 1. The second-order valence-electron chi connectivity index (χ2n) is 3.36. The van der Waals surface area contributed by atoms with Gasteiger partial charge >= 0.3 is 0 Å². The predicted octanol–water partition coefficient (Wildman–Crippen LogP) is 2.47. The highest BCUT2D eigenvalue weighted by Crippen LogP contribution is 2.10. The van der Waals surface area contributed by atoms with Gasteiger partial charge in [0.05, 0.1) is 6.20 Å². The Morgan fingerprint density at radius 3 is 3.00 bits per heavy atom. The van der Waals surface area contributed by atoms with Crippen LogP contribution >= 0.6 is 0 Å². The normalized spacial score (nSPS) is 10.2. The Morgan fingerprint density at radius 1 is 1.47 bits per heavy atom. The summed E-state index contributed by atoms with van der Waals surface area (Å²) in [6, 6.07) is 7.50. The van der Waals surface area contributed by atoms with Crippen molar-refractivity contribution in [2.75, 3.05) is 0 Å². The Bertz CT molecular complexity index is 460. The molecule has 0 fully saturated rings. The third-order valence-corrected chi connectivity index (χ3v) is 2.17. The van der Waals surface area contributed by atoms with Crippen molar-refractivity contribution in [3.8, 4) is 0 Å². The fraction of sp³-hybridized carbons (Fsp3) is 0.167. The van der Waals surface area contributed by atoms with E-state index in [0.29, 0.717) is 12.3 Å². The number of Topliss-reactive ketones (excluding diaryl/α,β-unsaturated/α-hetero) is 1. The molecular formula is C12H11NO2. The summed E-state index contributed by atoms with van der Waals surface area (Å²) in [5.41, 5.74) is 1.75. The van der Waals surface area contributed by atoms with Crippen LogP contribution in [0.2, 0.25) is 0 Å². The van der Waals surface area contributed by atoms with Gasteiger partial charge in [-0.2, -0.15) is 0 Å². The van der Waals surface area contributed by atoms with Crippen LogP contribution in [0.25, 0.3) is 0 Å². The van der Waals surface area contributed by atoms with Gasteiger partial charge in [0, 0.05) is 12.0 Å². The number of carbonyl (C=O) groups is 1. The first-order chi connectivity index (χ1) is 7.25. The first-order valence-electron chi connectivity index (χ1n) is 4.74. The second kappa shape index (κ2) is 4.09. The summed E-state index contributed by atoms with van der Waals surface area (Å²) >= 11 is 0. The van der Waals surface area contributed by atoms with Crippen LogP contribution in [-0.4, -0.2) is 10.8 Å². The van der Waals surface area contributed by atoms with E-state index in [9.17, 15) is 4.79 Å². The Kier molecular flexibility index (Phi) is 2.63. The molecule has 2 rings (SSSR count). The van der Waals surface area contributed by atoms with E-state index in [0.717, 1.165) is 11.1 Å². The average molecular weight is 201 g/mol. The minimum atomic E-state index is 0.0734. The lowest BCUT2D eigenvalue weighted by Gasteiger charge is -2.00. The van der Waals surface area contributed by atoms with Crippen molar-refractivity contribution < 1.29 is 9.21 Å². The summed E-state index contributed by atoms with van der Waals surface area (Å²) in [5.74, 6) is 0.736. The molecule has 0 amide bonds. The number of oxazole rings is 1. The smallest absolute Gasteiger partial charge is 0.198 e. The molecule has 3 nitrogen and oxygen atoms in total. The molecule has 0 radical (unpaired) electrons. The summed E-state index contributed by atoms with van der Waals surface area (Å²) < 4.78 is 5.14. The highest BCUT2D eigenvalue weighted by atomic mass is 16.3. The maximum absolute atomic E-state index is 11.2. The van der Waals surface area contributed by atoms with E-state index in [4.69, 9.17) is 4.42 Å². The highest BCUT2D eigenvalue weighted by Gasteiger charge is 2.03. The van der Waals surface area contributed by atoms with Gasteiger partial charge in [0.25, 0.3) is 0 Å². The lowest BCUT2D eigenvalue weighted by atomic mass is 10.1. The van der Waals surface area contributed by atoms with E-state index in [1.165, 1.54) is 0 Å². The maximum Gasteiger partial charge on any atom is 0.198 e. The topological polar surface area (TPSA) is 43.1 Å². The molecule has 15 heavy (non-hydrogen) atoms. The maximum atomic E-state index is 11.2. The van der Waals surface area contributed by atoms with Gasteiger partial charge in [0.2, 0.25) is 0 Å². The summed E-state index contributed by atoms with van der Waals surface area (Å²) in [7, 11) is 0. The van der Waals surface area contributed by atoms with Crippen molar-refractivity contribution in [2.45, 2.75) is 13.3 Å². The molecule has 0 N–H and O–H groups in total. The molecule has 0 aliphatic rings. The van der Waals surface area contributed by atoms with Gasteiger partial charge in [-0.15, -0.1) is 0 Å². The second-order valence-corrected chi connectivity index (χ2v) is 3.36. The van der Waals surface area contributed by atoms with Crippen molar-refractivity contribution in [2.24, 2.45) is 0 Å². The van der Waals surface area contributed by atoms with Gasteiger partial charge < -0.3 is 4.42 Å². The van der Waals surface area contributed by atoms with Crippen molar-refractivity contribution in [3.05, 3.63) is 53.7 Å². The highest BCUT2D eigenvalue weighted by molar-refractivity contribution is 5.94. The van der Waals surface area contributed by atoms with Crippen molar-refractivity contribution >= 4 is 5.78 Å². The molecule has 76 valence electrons. The minimum Gasteiger partial charge on any atom is -0.449 e. The molecule has 0 saturated carbocycles. The number of nitrogens with zero attached hydrogens (tertiary/aromatic N) is 1. The molecule has 0 bridgehead atoms. The molecule has 3 heteroatoms. The number of ketones is 1. The fourth-order valence-electron chi connectivity index (χ4n) is 1.42. The van der Waals surface area contributed by atoms with Crippen LogP contribution < -0.4 is 0 Å². The lowest BCUT2D eigenvalue weighted by molar-refractivity contribution is 0.101. The largest absolute Gasteiger partial charge is 0.449 e. The molecule has 0 spiro atoms. The SMILES string of the molecule is CC(=O)c1cccc(Cc2ncco2)c1. The van der Waals surface area contributed by atoms with Crippen LogP contribution in [0, 0.1) is 0 Å². The standard InChI is InChI=1S/C12H11NO2/c1-9(14)11-4-2-3-10(7-11)8-12-13-5-6-15-12/h2-7H,8H2,1H3. The Hall–Kier alpha value is -1.90. The van der Waals surface area contributed by atoms with Crippen LogP contribution in [0.3, 0.4) is 0 Å². The van der Waals surface area contributed by atoms with E-state index in [1.807, 2.05) is 18.2 Å². The monoisotopic (exact) mass is 201 g/mol. The molecule has 0 atom stereocenters. The molecule has 2 aromatic rings. The van der Waals surface area contributed by atoms with E-state index < -0.39 is 0 Å². The van der Waals surface area contributed by atoms with Gasteiger partial charge in [-0.05, 0) is 18.6 Å². The van der Waals surface area contributed by atoms with Crippen LogP contribution in [0.15, 0.2) is 41.1 Å². The third kappa shape index (κ3) is 2.31. The Balaban J connectivity index is 2.22. The zero-order valence-electron chi connectivity index (χ0n) is 8.43. The van der Waals surface area contributed by atoms with Crippen molar-refractivity contribution in [1.82, 2.24) is 4.98 Å². The summed E-state index contributed by atoms with van der Waals surface area (Å²) in [6.07, 6.45) is 3.78. The molecule has 1 heterocycles. The predicted molar refractivity (Wildman–Crippen MR) is 55.8 cm³/mol. The summed E-state index contributed by atoms with van der Waals surface area (Å²) in [5, 5.41) is 0. The van der Waals surface area contributed by atoms with Crippen molar-refractivity contribution in [3.63, 3.8) is 0 Å². The average Bonchev–Trinajstić information content (AvgIpc) is 2.71. The molecule has 1 aromatic heterocycles. The van der Waals surface area contributed by atoms with Crippen LogP contribution in [0.1, 0.15) is 28.7 Å². The van der Waals surface area contributed by atoms with Crippen LogP contribution in [0.5, 0.6) is 0 Å². The fourth-order valence-corrected chi connectivity index (χ4v) is 1.42. The van der Waals surface area contributed by atoms with Gasteiger partial charge in [-0.1, -0.05) is 18.2 Å². The van der Waals surface area contributed by atoms with E-state index in [1.54, 1.807) is 25.5 Å². The van der Waals surface area contributed by atoms with E-state index in [-0.39, 0.29) is 5.78 Å². The molecule has 0 aliphatic carbocycles. The van der Waals surface area contributed by atoms with Crippen LogP contribution in [0.4, 0.5) is 0 Å². The molecule has 1 aromatic carbocycles. The zero-order chi connectivity index (χ0) is 10.7. The van der Waals surface area contributed by atoms with Gasteiger partial charge in [-0.3, -0.25) is 4.79 Å². The number of hydrogen-bond donors (Lipinski definition) is 0. The Labute approximate surface area is 87.8 Å². The lowest BCUT2D eigenvalue weighted by Crippen LogP contribution is -1.94. The number of rotatable bonds is 3. The zero-order valence-corrected chi connectivity index (χ0v) is 8.43. The molecular weight excluding hydrogens is 190 g/mol. The van der Waals surface area contributed by atoms with E-state index in [2.05, 4.69) is 4.98 Å². The van der Waals surface area contributed by atoms with E-state index >= 15 is 0 Å². The molecule has 0 aliphatic heterocycles. The van der Waals surface area contributed by atoms with Crippen LogP contribution in [-0.2, 0) is 6.42 Å². The quantitative estimate of drug-likeness (QED) is 0.716. The molecule has 0 unspecified atom stereocenters. The number of aromatic nitrogens is 1. The third-order valence-electron chi connectivity index (χ3n) is 2.17. The Morgan fingerprint density at radius 2 is 2.33 bits per heavy atom. The first-order valence-corrected chi connectivity index (χ1v) is 4.74. The van der Waals surface area contributed by atoms with Gasteiger partial charge in [0.1, 0.15) is 6.26 Å². The minimum absolute atomic E-state index is 0.0734.